The Kier molecular flexibility index (Phi) is 14.2. The van der Waals surface area contributed by atoms with Crippen molar-refractivity contribution in [2.45, 2.75) is 208 Å². The van der Waals surface area contributed by atoms with Crippen molar-refractivity contribution in [3.8, 4) is 11.1 Å². The second-order valence-electron chi connectivity index (χ2n) is 33.5. The summed E-state index contributed by atoms with van der Waals surface area (Å²) in [5.74, 6) is 0. The summed E-state index contributed by atoms with van der Waals surface area (Å²) in [6, 6.07) is 63.2. The maximum Gasteiger partial charge on any atom is 0.264 e. The molecule has 0 bridgehead atoms. The van der Waals surface area contributed by atoms with Gasteiger partial charge in [-0.1, -0.05) is 231 Å². The molecule has 1 aromatic heterocycles. The van der Waals surface area contributed by atoms with Crippen molar-refractivity contribution in [3.63, 3.8) is 0 Å². The number of rotatable bonds is 6. The molecule has 87 heavy (non-hydrogen) atoms. The van der Waals surface area contributed by atoms with Crippen molar-refractivity contribution in [3.05, 3.63) is 202 Å². The van der Waals surface area contributed by atoms with Crippen LogP contribution >= 0.6 is 11.3 Å². The monoisotopic (exact) mass is 1170 g/mol. The third kappa shape index (κ3) is 10.7. The minimum absolute atomic E-state index is 0.0122. The number of benzene rings is 8. The van der Waals surface area contributed by atoms with Crippen molar-refractivity contribution < 1.29 is 0 Å². The standard InChI is InChI=1S/C82H96BN3S/c1-75(2,3)52-25-23-51(24-26-52)63-45-55(78(10,11)12)32-42-67(63)86-68-50-61(84(58-33-27-53(28-34-58)76(4,5)6)59-35-29-54(30-36-59)77(7,8)9)38-41-66(68)83-72-69(46-57(47-70(72)86)80(16,17)18)85(60-37-40-64-65(49-60)82(21,22)44-43-81(64,19)20)73-62-39-31-56(79(13,14)15)48-71(62)87-74(73)83/h23-42,45-50H,43-44H2,1-22H3. The molecule has 9 aromatic rings. The Morgan fingerprint density at radius 2 is 0.851 bits per heavy atom. The zero-order valence-electron chi connectivity index (χ0n) is 56.8. The van der Waals surface area contributed by atoms with Gasteiger partial charge in [0.05, 0.1) is 11.4 Å². The van der Waals surface area contributed by atoms with Crippen molar-refractivity contribution >= 4 is 95.0 Å². The number of hydrogen-bond donors (Lipinski definition) is 0. The van der Waals surface area contributed by atoms with Gasteiger partial charge in [0.15, 0.2) is 0 Å². The molecule has 2 aliphatic heterocycles. The van der Waals surface area contributed by atoms with Crippen LogP contribution < -0.4 is 30.4 Å². The average Bonchev–Trinajstić information content (AvgIpc) is 1.69. The molecule has 3 aliphatic rings. The lowest BCUT2D eigenvalue weighted by molar-refractivity contribution is 0.332. The first kappa shape index (κ1) is 60.5. The molecular formula is C82H96BN3S. The summed E-state index contributed by atoms with van der Waals surface area (Å²) in [4.78, 5) is 7.93. The molecule has 0 unspecified atom stereocenters. The lowest BCUT2D eigenvalue weighted by Crippen LogP contribution is -2.60. The van der Waals surface area contributed by atoms with Crippen molar-refractivity contribution in [2.75, 3.05) is 14.7 Å². The van der Waals surface area contributed by atoms with Crippen LogP contribution in [0, 0.1) is 0 Å². The zero-order valence-corrected chi connectivity index (χ0v) is 57.6. The van der Waals surface area contributed by atoms with Gasteiger partial charge >= 0.3 is 0 Å². The Bertz CT molecular complexity index is 4090. The largest absolute Gasteiger partial charge is 0.311 e. The molecule has 12 rings (SSSR count). The molecule has 0 saturated heterocycles. The van der Waals surface area contributed by atoms with Gasteiger partial charge in [0, 0.05) is 60.2 Å². The molecule has 3 heterocycles. The van der Waals surface area contributed by atoms with Crippen LogP contribution in [0.1, 0.15) is 210 Å². The molecule has 0 N–H and O–H groups in total. The van der Waals surface area contributed by atoms with Crippen LogP contribution in [-0.2, 0) is 43.3 Å². The Morgan fingerprint density at radius 1 is 0.391 bits per heavy atom. The molecular weight excluding hydrogens is 1070 g/mol. The molecule has 8 aromatic carbocycles. The van der Waals surface area contributed by atoms with Crippen molar-refractivity contribution in [2.24, 2.45) is 0 Å². The number of nitrogens with zero attached hydrogens (tertiary/aromatic N) is 3. The summed E-state index contributed by atoms with van der Waals surface area (Å²) in [6.07, 6.45) is 2.33. The molecule has 0 saturated carbocycles. The quantitative estimate of drug-likeness (QED) is 0.154. The first-order valence-corrected chi connectivity index (χ1v) is 33.1. The zero-order chi connectivity index (χ0) is 62.7. The minimum Gasteiger partial charge on any atom is -0.311 e. The van der Waals surface area contributed by atoms with Gasteiger partial charge in [-0.15, -0.1) is 11.3 Å². The summed E-state index contributed by atoms with van der Waals surface area (Å²) >= 11 is 2.01. The lowest BCUT2D eigenvalue weighted by Gasteiger charge is -2.46. The first-order chi connectivity index (χ1) is 40.4. The van der Waals surface area contributed by atoms with E-state index in [4.69, 9.17) is 0 Å². The van der Waals surface area contributed by atoms with Gasteiger partial charge in [-0.05, 0) is 196 Å². The molecule has 448 valence electrons. The van der Waals surface area contributed by atoms with E-state index in [9.17, 15) is 0 Å². The molecule has 3 nitrogen and oxygen atoms in total. The SMILES string of the molecule is CC(C)(C)c1ccc(-c2cc(C(C)(C)C)ccc2N2c3cc(N(c4ccc(C(C)(C)C)cc4)c4ccc(C(C)(C)C)cc4)ccc3B3c4sc5cc(C(C)(C)C)ccc5c4N(c4ccc5c(c4)C(C)(C)CCC5(C)C)c4cc(C(C)(C)C)cc2c43)cc1. The summed E-state index contributed by atoms with van der Waals surface area (Å²) in [5, 5.41) is 1.32. The van der Waals surface area contributed by atoms with Crippen LogP contribution in [0.2, 0.25) is 0 Å². The maximum atomic E-state index is 2.73. The molecule has 1 aliphatic carbocycles. The van der Waals surface area contributed by atoms with E-state index < -0.39 is 0 Å². The van der Waals surface area contributed by atoms with E-state index >= 15 is 0 Å². The molecule has 0 fully saturated rings. The van der Waals surface area contributed by atoms with E-state index in [1.54, 1.807) is 0 Å². The molecule has 0 atom stereocenters. The van der Waals surface area contributed by atoms with Crippen LogP contribution in [0.4, 0.5) is 51.2 Å². The summed E-state index contributed by atoms with van der Waals surface area (Å²) in [7, 11) is 0. The predicted molar refractivity (Wildman–Crippen MR) is 383 cm³/mol. The molecule has 0 radical (unpaired) electrons. The Labute approximate surface area is 528 Å². The smallest absolute Gasteiger partial charge is 0.264 e. The highest BCUT2D eigenvalue weighted by Crippen LogP contribution is 2.54. The predicted octanol–water partition coefficient (Wildman–Crippen LogP) is 22.3. The molecule has 0 amide bonds. The molecule has 0 spiro atoms. The fraction of sp³-hybridized carbons (Fsp3) is 0.390. The number of thiophene rings is 1. The van der Waals surface area contributed by atoms with E-state index in [-0.39, 0.29) is 50.0 Å². The van der Waals surface area contributed by atoms with Crippen molar-refractivity contribution in [1.29, 1.82) is 0 Å². The van der Waals surface area contributed by atoms with Gasteiger partial charge < -0.3 is 14.7 Å². The Hall–Kier alpha value is -6.82. The highest BCUT2D eigenvalue weighted by molar-refractivity contribution is 7.33. The van der Waals surface area contributed by atoms with Crippen molar-refractivity contribution in [1.82, 2.24) is 0 Å². The third-order valence-corrected chi connectivity index (χ3v) is 21.1. The van der Waals surface area contributed by atoms with E-state index in [0.717, 1.165) is 23.5 Å². The normalized spacial score (nSPS) is 15.7. The second kappa shape index (κ2) is 20.4. The Morgan fingerprint density at radius 3 is 1.38 bits per heavy atom. The van der Waals surface area contributed by atoms with Gasteiger partial charge in [-0.3, -0.25) is 0 Å². The number of fused-ring (bicyclic) bond motifs is 7. The van der Waals surface area contributed by atoms with E-state index in [2.05, 4.69) is 325 Å². The summed E-state index contributed by atoms with van der Waals surface area (Å²) in [5.41, 5.74) is 26.7. The highest BCUT2D eigenvalue weighted by Gasteiger charge is 2.48. The number of hydrogen-bond acceptors (Lipinski definition) is 4. The van der Waals surface area contributed by atoms with Crippen LogP contribution in [0.25, 0.3) is 21.2 Å². The minimum atomic E-state index is -0.197. The highest BCUT2D eigenvalue weighted by atomic mass is 32.1. The molecule has 5 heteroatoms. The number of anilines is 9. The van der Waals surface area contributed by atoms with E-state index in [0.29, 0.717) is 0 Å². The fourth-order valence-corrected chi connectivity index (χ4v) is 15.4. The first-order valence-electron chi connectivity index (χ1n) is 32.3. The lowest BCUT2D eigenvalue weighted by atomic mass is 9.36. The summed E-state index contributed by atoms with van der Waals surface area (Å²) in [6.45, 7) is 51.9. The maximum absolute atomic E-state index is 2.73. The van der Waals surface area contributed by atoms with Gasteiger partial charge in [0.25, 0.3) is 6.71 Å². The van der Waals surface area contributed by atoms with E-state index in [1.165, 1.54) is 122 Å². The average molecular weight is 1170 g/mol. The fourth-order valence-electron chi connectivity index (χ4n) is 14.0. The summed E-state index contributed by atoms with van der Waals surface area (Å²) < 4.78 is 2.73. The van der Waals surface area contributed by atoms with Crippen LogP contribution in [0.3, 0.4) is 0 Å². The van der Waals surface area contributed by atoms with Gasteiger partial charge in [0.2, 0.25) is 0 Å². The van der Waals surface area contributed by atoms with Crippen LogP contribution in [0.15, 0.2) is 158 Å². The third-order valence-electron chi connectivity index (χ3n) is 19.9. The van der Waals surface area contributed by atoms with Gasteiger partial charge in [-0.2, -0.15) is 0 Å². The topological polar surface area (TPSA) is 9.72 Å². The van der Waals surface area contributed by atoms with Gasteiger partial charge in [-0.25, -0.2) is 0 Å². The van der Waals surface area contributed by atoms with Crippen LogP contribution in [0.5, 0.6) is 0 Å². The van der Waals surface area contributed by atoms with Gasteiger partial charge in [0.1, 0.15) is 0 Å². The van der Waals surface area contributed by atoms with Crippen LogP contribution in [-0.4, -0.2) is 6.71 Å². The Balaban J connectivity index is 1.22. The van der Waals surface area contributed by atoms with E-state index in [1.807, 2.05) is 11.3 Å². The second-order valence-corrected chi connectivity index (χ2v) is 34.6.